The predicted molar refractivity (Wildman–Crippen MR) is 102 cm³/mol. The highest BCUT2D eigenvalue weighted by Crippen LogP contribution is 2.25. The van der Waals surface area contributed by atoms with Crippen molar-refractivity contribution in [2.24, 2.45) is 16.0 Å². The van der Waals surface area contributed by atoms with E-state index in [0.717, 1.165) is 44.6 Å². The minimum absolute atomic E-state index is 0.0979. The molecule has 3 aliphatic rings. The van der Waals surface area contributed by atoms with Crippen LogP contribution < -0.4 is 10.7 Å². The molecule has 3 aliphatic heterocycles. The van der Waals surface area contributed by atoms with Gasteiger partial charge >= 0.3 is 0 Å². The number of carbonyl (C=O) groups excluding carboxylic acids is 1. The van der Waals surface area contributed by atoms with Crippen LogP contribution in [0.2, 0.25) is 0 Å². The van der Waals surface area contributed by atoms with Gasteiger partial charge in [-0.15, -0.1) is 0 Å². The lowest BCUT2D eigenvalue weighted by Crippen LogP contribution is -2.42. The lowest BCUT2D eigenvalue weighted by atomic mass is 10.0. The average molecular weight is 375 g/mol. The Hall–Kier alpha value is -1.93. The Balaban J connectivity index is 1.36. The van der Waals surface area contributed by atoms with Gasteiger partial charge in [-0.05, 0) is 31.4 Å². The van der Waals surface area contributed by atoms with Gasteiger partial charge < -0.3 is 10.2 Å². The molecule has 0 spiro atoms. The topological polar surface area (TPSA) is 69.1 Å². The van der Waals surface area contributed by atoms with Crippen LogP contribution in [0.3, 0.4) is 0 Å². The van der Waals surface area contributed by atoms with Crippen molar-refractivity contribution in [1.82, 2.24) is 15.6 Å². The van der Waals surface area contributed by atoms with Gasteiger partial charge in [0.15, 0.2) is 5.17 Å². The Kier molecular flexibility index (Phi) is 5.21. The Bertz CT molecular complexity index is 747. The van der Waals surface area contributed by atoms with E-state index in [0.29, 0.717) is 16.6 Å². The number of hydrazone groups is 1. The maximum Gasteiger partial charge on any atom is 0.239 e. The standard InChI is InChI=1S/C18H22FN5OS/c19-13-5-1-2-6-14(13)21-18-23-22-16(11-26-18)12-9-15(20-10-12)17(25)24-7-3-4-8-24/h1-2,5-6,12,15,20H,3-4,7-11H2,(H,21,23). The zero-order valence-corrected chi connectivity index (χ0v) is 15.3. The summed E-state index contributed by atoms with van der Waals surface area (Å²) in [5.41, 5.74) is 4.27. The fraction of sp³-hybridized carbons (Fsp3) is 0.500. The van der Waals surface area contributed by atoms with Crippen LogP contribution in [-0.2, 0) is 4.79 Å². The Morgan fingerprint density at radius 2 is 2.12 bits per heavy atom. The van der Waals surface area contributed by atoms with E-state index in [9.17, 15) is 9.18 Å². The van der Waals surface area contributed by atoms with E-state index in [-0.39, 0.29) is 23.7 Å². The highest BCUT2D eigenvalue weighted by atomic mass is 32.2. The summed E-state index contributed by atoms with van der Waals surface area (Å²) < 4.78 is 13.7. The second-order valence-corrected chi connectivity index (χ2v) is 7.76. The third kappa shape index (κ3) is 3.76. The van der Waals surface area contributed by atoms with Crippen LogP contribution in [0.1, 0.15) is 19.3 Å². The molecule has 0 bridgehead atoms. The van der Waals surface area contributed by atoms with Crippen LogP contribution in [0.4, 0.5) is 10.1 Å². The largest absolute Gasteiger partial charge is 0.341 e. The first-order valence-corrected chi connectivity index (χ1v) is 10.00. The maximum absolute atomic E-state index is 13.7. The summed E-state index contributed by atoms with van der Waals surface area (Å²) >= 11 is 1.51. The maximum atomic E-state index is 13.7. The molecule has 0 radical (unpaired) electrons. The Labute approximate surface area is 156 Å². The van der Waals surface area contributed by atoms with Crippen molar-refractivity contribution in [3.05, 3.63) is 30.1 Å². The number of para-hydroxylation sites is 1. The molecule has 2 atom stereocenters. The molecule has 138 valence electrons. The van der Waals surface area contributed by atoms with E-state index in [2.05, 4.69) is 20.8 Å². The van der Waals surface area contributed by atoms with Gasteiger partial charge in [0.1, 0.15) is 11.5 Å². The molecule has 26 heavy (non-hydrogen) atoms. The number of likely N-dealkylation sites (tertiary alicyclic amines) is 1. The van der Waals surface area contributed by atoms with Crippen molar-refractivity contribution in [2.45, 2.75) is 25.3 Å². The van der Waals surface area contributed by atoms with Crippen molar-refractivity contribution in [3.8, 4) is 0 Å². The molecule has 2 unspecified atom stereocenters. The molecule has 2 N–H and O–H groups in total. The number of amidine groups is 1. The van der Waals surface area contributed by atoms with Crippen LogP contribution in [0.25, 0.3) is 0 Å². The summed E-state index contributed by atoms with van der Waals surface area (Å²) in [6, 6.07) is 6.33. The van der Waals surface area contributed by atoms with Crippen LogP contribution >= 0.6 is 11.8 Å². The first-order valence-electron chi connectivity index (χ1n) is 9.01. The molecule has 3 heterocycles. The molecule has 0 aliphatic carbocycles. The van der Waals surface area contributed by atoms with Crippen LogP contribution in [0, 0.1) is 11.7 Å². The molecule has 1 aromatic rings. The fourth-order valence-corrected chi connectivity index (χ4v) is 4.44. The molecule has 1 amide bonds. The summed E-state index contributed by atoms with van der Waals surface area (Å²) in [5.74, 6) is 0.836. The first kappa shape index (κ1) is 17.5. The molecule has 6 nitrogen and oxygen atoms in total. The monoisotopic (exact) mass is 375 g/mol. The molecule has 8 heteroatoms. The normalized spacial score (nSPS) is 27.5. The average Bonchev–Trinajstić information content (AvgIpc) is 3.36. The van der Waals surface area contributed by atoms with Gasteiger partial charge in [-0.25, -0.2) is 9.38 Å². The number of rotatable bonds is 3. The molecule has 4 rings (SSSR count). The third-order valence-corrected chi connectivity index (χ3v) is 5.94. The smallest absolute Gasteiger partial charge is 0.239 e. The van der Waals surface area contributed by atoms with Gasteiger partial charge in [-0.1, -0.05) is 23.9 Å². The highest BCUT2D eigenvalue weighted by molar-refractivity contribution is 8.14. The van der Waals surface area contributed by atoms with E-state index >= 15 is 0 Å². The van der Waals surface area contributed by atoms with Crippen molar-refractivity contribution in [1.29, 1.82) is 0 Å². The van der Waals surface area contributed by atoms with Crippen LogP contribution in [-0.4, -0.2) is 53.1 Å². The third-order valence-electron chi connectivity index (χ3n) is 5.04. The van der Waals surface area contributed by atoms with Gasteiger partial charge in [0.25, 0.3) is 0 Å². The van der Waals surface area contributed by atoms with Gasteiger partial charge in [0.2, 0.25) is 5.91 Å². The predicted octanol–water partition coefficient (Wildman–Crippen LogP) is 2.11. The molecule has 2 fully saturated rings. The minimum Gasteiger partial charge on any atom is -0.341 e. The van der Waals surface area contributed by atoms with Gasteiger partial charge in [0, 0.05) is 31.3 Å². The van der Waals surface area contributed by atoms with E-state index in [1.165, 1.54) is 17.8 Å². The first-order chi connectivity index (χ1) is 12.7. The quantitative estimate of drug-likeness (QED) is 0.849. The molecular weight excluding hydrogens is 353 g/mol. The number of nitrogens with zero attached hydrogens (tertiary/aromatic N) is 3. The van der Waals surface area contributed by atoms with Crippen molar-refractivity contribution < 1.29 is 9.18 Å². The number of aliphatic imine (C=N–C) groups is 1. The molecule has 0 aromatic heterocycles. The van der Waals surface area contributed by atoms with E-state index in [1.54, 1.807) is 18.2 Å². The molecule has 1 aromatic carbocycles. The molecular formula is C18H22FN5OS. The van der Waals surface area contributed by atoms with Crippen molar-refractivity contribution in [2.75, 3.05) is 25.4 Å². The minimum atomic E-state index is -0.347. The summed E-state index contributed by atoms with van der Waals surface area (Å²) in [4.78, 5) is 18.8. The van der Waals surface area contributed by atoms with Crippen molar-refractivity contribution in [3.63, 3.8) is 0 Å². The van der Waals surface area contributed by atoms with Crippen LogP contribution in [0.5, 0.6) is 0 Å². The van der Waals surface area contributed by atoms with Crippen LogP contribution in [0.15, 0.2) is 34.4 Å². The second-order valence-electron chi connectivity index (χ2n) is 6.80. The summed E-state index contributed by atoms with van der Waals surface area (Å²) in [7, 11) is 0. The number of amides is 1. The summed E-state index contributed by atoms with van der Waals surface area (Å²) in [6.07, 6.45) is 3.01. The zero-order chi connectivity index (χ0) is 17.9. The number of nitrogens with one attached hydrogen (secondary N) is 2. The highest BCUT2D eigenvalue weighted by Gasteiger charge is 2.35. The number of thioether (sulfide) groups is 1. The zero-order valence-electron chi connectivity index (χ0n) is 14.4. The lowest BCUT2D eigenvalue weighted by molar-refractivity contribution is -0.132. The van der Waals surface area contributed by atoms with E-state index in [1.807, 2.05) is 4.90 Å². The summed E-state index contributed by atoms with van der Waals surface area (Å²) in [5, 5.41) is 8.38. The van der Waals surface area contributed by atoms with E-state index in [4.69, 9.17) is 0 Å². The van der Waals surface area contributed by atoms with Gasteiger partial charge in [-0.3, -0.25) is 10.2 Å². The number of carbonyl (C=O) groups is 1. The SMILES string of the molecule is O=C(C1CC(C2=NNC(=Nc3ccccc3F)SC2)CN1)N1CCCC1. The number of halogens is 1. The number of hydrogen-bond acceptors (Lipinski definition) is 5. The molecule has 0 saturated carbocycles. The van der Waals surface area contributed by atoms with E-state index < -0.39 is 0 Å². The number of hydrogen-bond donors (Lipinski definition) is 2. The Morgan fingerprint density at radius 3 is 2.85 bits per heavy atom. The second kappa shape index (κ2) is 7.75. The number of benzene rings is 1. The van der Waals surface area contributed by atoms with Gasteiger partial charge in [0.05, 0.1) is 11.8 Å². The summed E-state index contributed by atoms with van der Waals surface area (Å²) in [6.45, 7) is 2.54. The lowest BCUT2D eigenvalue weighted by Gasteiger charge is -2.21. The fourth-order valence-electron chi connectivity index (χ4n) is 3.58. The Morgan fingerprint density at radius 1 is 1.31 bits per heavy atom. The van der Waals surface area contributed by atoms with Crippen molar-refractivity contribution >= 4 is 34.2 Å². The molecule has 2 saturated heterocycles. The van der Waals surface area contributed by atoms with Gasteiger partial charge in [-0.2, -0.15) is 5.10 Å².